The van der Waals surface area contributed by atoms with Crippen molar-refractivity contribution in [3.05, 3.63) is 47.4 Å². The SMILES string of the molecule is COc1cc(CNC(=O)C2CC2)ccc1C1CC(Nc2cnc(C#N)cn2)NN1. The van der Waals surface area contributed by atoms with Crippen LogP contribution in [0.15, 0.2) is 30.6 Å². The van der Waals surface area contributed by atoms with E-state index in [2.05, 4.69) is 31.5 Å². The Morgan fingerprint density at radius 1 is 1.31 bits per heavy atom. The molecule has 0 bridgehead atoms. The summed E-state index contributed by atoms with van der Waals surface area (Å²) in [7, 11) is 1.65. The fraction of sp³-hybridized carbons (Fsp3) is 0.400. The summed E-state index contributed by atoms with van der Waals surface area (Å²) in [5.74, 6) is 1.71. The number of methoxy groups -OCH3 is 1. The quantitative estimate of drug-likeness (QED) is 0.556. The number of rotatable bonds is 7. The van der Waals surface area contributed by atoms with E-state index in [0.717, 1.165) is 36.1 Å². The van der Waals surface area contributed by atoms with Gasteiger partial charge in [0.2, 0.25) is 5.91 Å². The molecule has 1 aromatic heterocycles. The van der Waals surface area contributed by atoms with Crippen molar-refractivity contribution in [2.75, 3.05) is 12.4 Å². The molecule has 0 radical (unpaired) electrons. The fourth-order valence-electron chi connectivity index (χ4n) is 3.33. The molecule has 2 aromatic rings. The van der Waals surface area contributed by atoms with E-state index in [-0.39, 0.29) is 29.7 Å². The van der Waals surface area contributed by atoms with Crippen LogP contribution in [0.25, 0.3) is 0 Å². The van der Waals surface area contributed by atoms with Gasteiger partial charge in [0.1, 0.15) is 17.6 Å². The summed E-state index contributed by atoms with van der Waals surface area (Å²) in [5, 5.41) is 15.0. The molecule has 2 aliphatic rings. The predicted molar refractivity (Wildman–Crippen MR) is 105 cm³/mol. The van der Waals surface area contributed by atoms with Gasteiger partial charge in [-0.2, -0.15) is 5.26 Å². The first-order valence-electron chi connectivity index (χ1n) is 9.60. The lowest BCUT2D eigenvalue weighted by atomic mass is 10.0. The summed E-state index contributed by atoms with van der Waals surface area (Å²) in [6, 6.07) is 8.01. The number of nitriles is 1. The van der Waals surface area contributed by atoms with E-state index in [1.165, 1.54) is 6.20 Å². The Labute approximate surface area is 168 Å². The number of ether oxygens (including phenoxy) is 1. The molecule has 2 unspecified atom stereocenters. The first-order valence-corrected chi connectivity index (χ1v) is 9.60. The van der Waals surface area contributed by atoms with Gasteiger partial charge < -0.3 is 15.4 Å². The van der Waals surface area contributed by atoms with Crippen molar-refractivity contribution in [3.8, 4) is 11.8 Å². The molecular formula is C20H23N7O2. The predicted octanol–water partition coefficient (Wildman–Crippen LogP) is 1.36. The Bertz CT molecular complexity index is 921. The normalized spacial score (nSPS) is 20.7. The van der Waals surface area contributed by atoms with Crippen LogP contribution in [0.5, 0.6) is 5.75 Å². The van der Waals surface area contributed by atoms with Gasteiger partial charge in [-0.3, -0.25) is 4.79 Å². The first-order chi connectivity index (χ1) is 14.2. The molecule has 29 heavy (non-hydrogen) atoms. The number of aromatic nitrogens is 2. The zero-order valence-corrected chi connectivity index (χ0v) is 16.1. The van der Waals surface area contributed by atoms with Gasteiger partial charge in [-0.05, 0) is 24.5 Å². The standard InChI is InChI=1S/C20H23N7O2/c1-29-17-6-12(9-24-20(28)13-3-4-13)2-5-15(17)16-7-18(27-26-16)25-19-11-22-14(8-21)10-23-19/h2,5-6,10-11,13,16,18,26-27H,3-4,7,9H2,1H3,(H,23,25)(H,24,28). The van der Waals surface area contributed by atoms with Gasteiger partial charge in [-0.15, -0.1) is 0 Å². The van der Waals surface area contributed by atoms with Crippen molar-refractivity contribution in [1.82, 2.24) is 26.1 Å². The lowest BCUT2D eigenvalue weighted by Crippen LogP contribution is -2.36. The van der Waals surface area contributed by atoms with E-state index >= 15 is 0 Å². The number of anilines is 1. The van der Waals surface area contributed by atoms with Crippen LogP contribution >= 0.6 is 0 Å². The largest absolute Gasteiger partial charge is 0.496 e. The molecule has 9 nitrogen and oxygen atoms in total. The zero-order valence-electron chi connectivity index (χ0n) is 16.1. The Morgan fingerprint density at radius 3 is 2.86 bits per heavy atom. The molecule has 1 aliphatic heterocycles. The molecule has 2 heterocycles. The minimum absolute atomic E-state index is 0.0453. The van der Waals surface area contributed by atoms with E-state index in [0.29, 0.717) is 12.4 Å². The smallest absolute Gasteiger partial charge is 0.223 e. The Balaban J connectivity index is 1.37. The second-order valence-electron chi connectivity index (χ2n) is 7.24. The Kier molecular flexibility index (Phi) is 5.55. The summed E-state index contributed by atoms with van der Waals surface area (Å²) >= 11 is 0. The number of amides is 1. The highest BCUT2D eigenvalue weighted by Gasteiger charge is 2.30. The van der Waals surface area contributed by atoms with Gasteiger partial charge in [0.15, 0.2) is 5.69 Å². The van der Waals surface area contributed by atoms with Crippen molar-refractivity contribution in [2.45, 2.75) is 38.0 Å². The summed E-state index contributed by atoms with van der Waals surface area (Å²) < 4.78 is 5.59. The maximum Gasteiger partial charge on any atom is 0.223 e. The highest BCUT2D eigenvalue weighted by atomic mass is 16.5. The van der Waals surface area contributed by atoms with Crippen LogP contribution in [0.3, 0.4) is 0 Å². The van der Waals surface area contributed by atoms with Crippen molar-refractivity contribution >= 4 is 11.7 Å². The summed E-state index contributed by atoms with van der Waals surface area (Å²) in [4.78, 5) is 20.0. The second-order valence-corrected chi connectivity index (χ2v) is 7.24. The molecule has 4 rings (SSSR count). The monoisotopic (exact) mass is 393 g/mol. The minimum Gasteiger partial charge on any atom is -0.496 e. The number of carbonyl (C=O) groups excluding carboxylic acids is 1. The second kappa shape index (κ2) is 8.43. The van der Waals surface area contributed by atoms with E-state index < -0.39 is 0 Å². The van der Waals surface area contributed by atoms with Crippen LogP contribution in [0.4, 0.5) is 5.82 Å². The third-order valence-electron chi connectivity index (χ3n) is 5.08. The average Bonchev–Trinajstić information content (AvgIpc) is 3.52. The zero-order chi connectivity index (χ0) is 20.2. The molecule has 2 atom stereocenters. The number of carbonyl (C=O) groups is 1. The highest BCUT2D eigenvalue weighted by Crippen LogP contribution is 2.32. The topological polar surface area (TPSA) is 124 Å². The average molecular weight is 393 g/mol. The molecule has 2 fully saturated rings. The number of nitrogens with one attached hydrogen (secondary N) is 4. The van der Waals surface area contributed by atoms with Gasteiger partial charge in [0.25, 0.3) is 0 Å². The maximum absolute atomic E-state index is 11.8. The van der Waals surface area contributed by atoms with Gasteiger partial charge in [-0.1, -0.05) is 12.1 Å². The molecule has 1 saturated carbocycles. The van der Waals surface area contributed by atoms with Gasteiger partial charge in [0, 0.05) is 24.4 Å². The van der Waals surface area contributed by atoms with E-state index in [1.54, 1.807) is 13.3 Å². The molecule has 0 spiro atoms. The molecule has 1 aliphatic carbocycles. The third-order valence-corrected chi connectivity index (χ3v) is 5.08. The van der Waals surface area contributed by atoms with E-state index in [1.807, 2.05) is 24.3 Å². The van der Waals surface area contributed by atoms with Gasteiger partial charge >= 0.3 is 0 Å². The summed E-state index contributed by atoms with van der Waals surface area (Å²) in [5.41, 5.74) is 8.80. The van der Waals surface area contributed by atoms with Gasteiger partial charge in [0.05, 0.1) is 31.7 Å². The lowest BCUT2D eigenvalue weighted by Gasteiger charge is -2.16. The molecule has 1 aromatic carbocycles. The van der Waals surface area contributed by atoms with Crippen molar-refractivity contribution in [1.29, 1.82) is 5.26 Å². The number of benzene rings is 1. The first kappa shape index (κ1) is 19.1. The van der Waals surface area contributed by atoms with Crippen molar-refractivity contribution < 1.29 is 9.53 Å². The summed E-state index contributed by atoms with van der Waals surface area (Å²) in [6.45, 7) is 0.504. The van der Waals surface area contributed by atoms with Crippen LogP contribution in [0.2, 0.25) is 0 Å². The Morgan fingerprint density at radius 2 is 2.17 bits per heavy atom. The number of nitrogens with zero attached hydrogens (tertiary/aromatic N) is 3. The molecule has 1 amide bonds. The molecule has 150 valence electrons. The molecule has 1 saturated heterocycles. The van der Waals surface area contributed by atoms with Crippen LogP contribution in [-0.4, -0.2) is 29.2 Å². The fourth-order valence-corrected chi connectivity index (χ4v) is 3.33. The Hall–Kier alpha value is -3.22. The molecule has 9 heteroatoms. The van der Waals surface area contributed by atoms with E-state index in [4.69, 9.17) is 10.00 Å². The molecular weight excluding hydrogens is 370 g/mol. The minimum atomic E-state index is -0.0514. The lowest BCUT2D eigenvalue weighted by molar-refractivity contribution is -0.122. The van der Waals surface area contributed by atoms with Gasteiger partial charge in [-0.25, -0.2) is 20.8 Å². The van der Waals surface area contributed by atoms with Crippen LogP contribution in [0, 0.1) is 17.2 Å². The third kappa shape index (κ3) is 4.62. The van der Waals surface area contributed by atoms with E-state index in [9.17, 15) is 4.79 Å². The maximum atomic E-state index is 11.8. The van der Waals surface area contributed by atoms with Crippen LogP contribution in [0.1, 0.15) is 42.1 Å². The number of hydrazine groups is 1. The highest BCUT2D eigenvalue weighted by molar-refractivity contribution is 5.80. The van der Waals surface area contributed by atoms with Crippen molar-refractivity contribution in [3.63, 3.8) is 0 Å². The number of hydrogen-bond acceptors (Lipinski definition) is 8. The van der Waals surface area contributed by atoms with Crippen LogP contribution < -0.4 is 26.2 Å². The van der Waals surface area contributed by atoms with Crippen molar-refractivity contribution in [2.24, 2.45) is 5.92 Å². The molecule has 4 N–H and O–H groups in total. The summed E-state index contributed by atoms with van der Waals surface area (Å²) in [6.07, 6.45) is 5.68. The number of hydrogen-bond donors (Lipinski definition) is 4. The van der Waals surface area contributed by atoms with Crippen LogP contribution in [-0.2, 0) is 11.3 Å².